The van der Waals surface area contributed by atoms with Gasteiger partial charge in [-0.3, -0.25) is 10.4 Å². The minimum Gasteiger partial charge on any atom is -0.300 e. The van der Waals surface area contributed by atoms with Gasteiger partial charge in [0.2, 0.25) is 0 Å². The molecule has 1 aliphatic heterocycles. The molecule has 1 aromatic carbocycles. The maximum absolute atomic E-state index is 6.02. The highest BCUT2D eigenvalue weighted by Crippen LogP contribution is 2.24. The quantitative estimate of drug-likeness (QED) is 0.864. The lowest BCUT2D eigenvalue weighted by atomic mass is 10.1. The van der Waals surface area contributed by atoms with Crippen LogP contribution >= 0.6 is 11.6 Å². The van der Waals surface area contributed by atoms with Crippen molar-refractivity contribution in [1.82, 2.24) is 9.88 Å². The number of aromatic nitrogens is 1. The topological polar surface area (TPSA) is 40.5 Å². The molecule has 3 rings (SSSR count). The summed E-state index contributed by atoms with van der Waals surface area (Å²) in [6, 6.07) is 8.29. The molecular weight excluding hydrogens is 296 g/mol. The van der Waals surface area contributed by atoms with E-state index in [1.165, 1.54) is 5.71 Å². The molecule has 4 nitrogen and oxygen atoms in total. The summed E-state index contributed by atoms with van der Waals surface area (Å²) < 4.78 is 0. The molecular formula is C17H21ClN4. The fourth-order valence-corrected chi connectivity index (χ4v) is 2.93. The van der Waals surface area contributed by atoms with Gasteiger partial charge >= 0.3 is 0 Å². The number of fused-ring (bicyclic) bond motifs is 1. The van der Waals surface area contributed by atoms with Crippen LogP contribution in [-0.4, -0.2) is 34.7 Å². The number of hydrogen-bond acceptors (Lipinski definition) is 4. The highest BCUT2D eigenvalue weighted by molar-refractivity contribution is 6.31. The largest absolute Gasteiger partial charge is 0.300 e. The number of hydrogen-bond donors (Lipinski definition) is 1. The van der Waals surface area contributed by atoms with Crippen LogP contribution in [0.5, 0.6) is 0 Å². The lowest BCUT2D eigenvalue weighted by molar-refractivity contribution is 0.222. The summed E-state index contributed by atoms with van der Waals surface area (Å²) in [4.78, 5) is 6.84. The molecule has 0 radical (unpaired) electrons. The average molecular weight is 317 g/mol. The molecule has 0 saturated carbocycles. The first-order valence-electron chi connectivity index (χ1n) is 7.73. The molecule has 0 bridgehead atoms. The van der Waals surface area contributed by atoms with Gasteiger partial charge in [0.1, 0.15) is 0 Å². The number of halogens is 1. The van der Waals surface area contributed by atoms with Crippen molar-refractivity contribution >= 4 is 33.9 Å². The Kier molecular flexibility index (Phi) is 4.60. The normalized spacial score (nSPS) is 16.3. The number of benzene rings is 1. The summed E-state index contributed by atoms with van der Waals surface area (Å²) in [5, 5.41) is 6.34. The summed E-state index contributed by atoms with van der Waals surface area (Å²) in [5.74, 6) is 0. The molecule has 116 valence electrons. The zero-order valence-electron chi connectivity index (χ0n) is 13.0. The van der Waals surface area contributed by atoms with E-state index in [0.29, 0.717) is 11.1 Å². The van der Waals surface area contributed by atoms with E-state index in [1.54, 1.807) is 6.20 Å². The van der Waals surface area contributed by atoms with Crippen LogP contribution in [0, 0.1) is 0 Å². The highest BCUT2D eigenvalue weighted by atomic mass is 35.5. The van der Waals surface area contributed by atoms with E-state index in [2.05, 4.69) is 34.3 Å². The smallest absolute Gasteiger partial charge is 0.0738 e. The molecule has 1 saturated heterocycles. The van der Waals surface area contributed by atoms with Crippen LogP contribution < -0.4 is 5.43 Å². The maximum atomic E-state index is 6.02. The molecule has 22 heavy (non-hydrogen) atoms. The van der Waals surface area contributed by atoms with Crippen LogP contribution in [0.25, 0.3) is 10.9 Å². The summed E-state index contributed by atoms with van der Waals surface area (Å²) in [7, 11) is 0. The van der Waals surface area contributed by atoms with Crippen molar-refractivity contribution in [3.8, 4) is 0 Å². The van der Waals surface area contributed by atoms with E-state index in [0.717, 1.165) is 42.5 Å². The molecule has 0 unspecified atom stereocenters. The summed E-state index contributed by atoms with van der Waals surface area (Å²) in [6.45, 7) is 6.67. The first kappa shape index (κ1) is 15.3. The van der Waals surface area contributed by atoms with E-state index < -0.39 is 0 Å². The number of likely N-dealkylation sites (tertiary alicyclic amines) is 1. The van der Waals surface area contributed by atoms with Crippen LogP contribution in [-0.2, 0) is 0 Å². The minimum absolute atomic E-state index is 0.614. The summed E-state index contributed by atoms with van der Waals surface area (Å²) in [5.41, 5.74) is 6.29. The first-order valence-corrected chi connectivity index (χ1v) is 8.11. The molecule has 0 atom stereocenters. The molecule has 5 heteroatoms. The van der Waals surface area contributed by atoms with Crippen molar-refractivity contribution in [2.24, 2.45) is 5.10 Å². The number of nitrogens with one attached hydrogen (secondary N) is 1. The van der Waals surface area contributed by atoms with Gasteiger partial charge in [0.25, 0.3) is 0 Å². The van der Waals surface area contributed by atoms with Crippen LogP contribution in [0.3, 0.4) is 0 Å². The van der Waals surface area contributed by atoms with Crippen LogP contribution in [0.2, 0.25) is 5.02 Å². The Morgan fingerprint density at radius 1 is 1.23 bits per heavy atom. The zero-order valence-corrected chi connectivity index (χ0v) is 13.8. The molecule has 0 spiro atoms. The number of pyridine rings is 1. The van der Waals surface area contributed by atoms with Gasteiger partial charge in [-0.2, -0.15) is 5.10 Å². The molecule has 2 heterocycles. The van der Waals surface area contributed by atoms with Crippen molar-refractivity contribution in [2.45, 2.75) is 32.7 Å². The number of piperidine rings is 1. The lowest BCUT2D eigenvalue weighted by Crippen LogP contribution is -2.38. The third-order valence-corrected chi connectivity index (χ3v) is 4.38. The van der Waals surface area contributed by atoms with E-state index in [4.69, 9.17) is 11.6 Å². The Morgan fingerprint density at radius 2 is 2.00 bits per heavy atom. The second-order valence-electron chi connectivity index (χ2n) is 5.94. The monoisotopic (exact) mass is 316 g/mol. The van der Waals surface area contributed by atoms with E-state index in [-0.39, 0.29) is 0 Å². The Morgan fingerprint density at radius 3 is 2.73 bits per heavy atom. The second kappa shape index (κ2) is 6.63. The van der Waals surface area contributed by atoms with Gasteiger partial charge in [-0.25, -0.2) is 0 Å². The molecule has 1 N–H and O–H groups in total. The Bertz CT molecular complexity index is 686. The van der Waals surface area contributed by atoms with Crippen molar-refractivity contribution in [3.05, 3.63) is 35.5 Å². The Labute approximate surface area is 136 Å². The molecule has 1 fully saturated rings. The van der Waals surface area contributed by atoms with Gasteiger partial charge in [-0.15, -0.1) is 0 Å². The zero-order chi connectivity index (χ0) is 15.5. The lowest BCUT2D eigenvalue weighted by Gasteiger charge is -2.30. The fraction of sp³-hybridized carbons (Fsp3) is 0.412. The van der Waals surface area contributed by atoms with Crippen LogP contribution in [0.4, 0.5) is 5.69 Å². The second-order valence-corrected chi connectivity index (χ2v) is 6.38. The van der Waals surface area contributed by atoms with Gasteiger partial charge in [0, 0.05) is 54.3 Å². The Balaban J connectivity index is 1.73. The number of anilines is 1. The van der Waals surface area contributed by atoms with Gasteiger partial charge in [-0.1, -0.05) is 11.6 Å². The SMILES string of the molecule is CC(C)N1CCC(=NNc2ccnc3cc(Cl)ccc23)CC1. The summed E-state index contributed by atoms with van der Waals surface area (Å²) in [6.07, 6.45) is 3.84. The molecule has 0 aliphatic carbocycles. The summed E-state index contributed by atoms with van der Waals surface area (Å²) >= 11 is 6.02. The average Bonchev–Trinajstić information content (AvgIpc) is 2.52. The van der Waals surface area contributed by atoms with Crippen molar-refractivity contribution in [2.75, 3.05) is 18.5 Å². The number of rotatable bonds is 3. The molecule has 0 amide bonds. The van der Waals surface area contributed by atoms with Gasteiger partial charge in [0.15, 0.2) is 0 Å². The third-order valence-electron chi connectivity index (χ3n) is 4.14. The maximum Gasteiger partial charge on any atom is 0.0738 e. The highest BCUT2D eigenvalue weighted by Gasteiger charge is 2.17. The van der Waals surface area contributed by atoms with Gasteiger partial charge in [-0.05, 0) is 38.1 Å². The van der Waals surface area contributed by atoms with Crippen LogP contribution in [0.15, 0.2) is 35.6 Å². The van der Waals surface area contributed by atoms with E-state index in [9.17, 15) is 0 Å². The molecule has 1 aromatic heterocycles. The molecule has 2 aromatic rings. The van der Waals surface area contributed by atoms with Gasteiger partial charge < -0.3 is 4.90 Å². The number of hydrazone groups is 1. The predicted molar refractivity (Wildman–Crippen MR) is 93.8 cm³/mol. The minimum atomic E-state index is 0.614. The van der Waals surface area contributed by atoms with Crippen LogP contribution in [0.1, 0.15) is 26.7 Å². The van der Waals surface area contributed by atoms with E-state index in [1.807, 2.05) is 24.3 Å². The fourth-order valence-electron chi connectivity index (χ4n) is 2.77. The standard InChI is InChI=1S/C17H21ClN4/c1-12(2)22-9-6-14(7-10-22)20-21-16-5-8-19-17-11-13(18)3-4-15(16)17/h3-5,8,11-12H,6-7,9-10H2,1-2H3,(H,19,21). The third kappa shape index (κ3) is 3.39. The van der Waals surface area contributed by atoms with E-state index >= 15 is 0 Å². The van der Waals surface area contributed by atoms with Crippen molar-refractivity contribution in [3.63, 3.8) is 0 Å². The van der Waals surface area contributed by atoms with Crippen molar-refractivity contribution < 1.29 is 0 Å². The van der Waals surface area contributed by atoms with Crippen molar-refractivity contribution in [1.29, 1.82) is 0 Å². The molecule has 1 aliphatic rings. The Hall–Kier alpha value is -1.65. The predicted octanol–water partition coefficient (Wildman–Crippen LogP) is 4.16. The number of nitrogens with zero attached hydrogens (tertiary/aromatic N) is 3. The first-order chi connectivity index (χ1) is 10.6. The van der Waals surface area contributed by atoms with Gasteiger partial charge in [0.05, 0.1) is 11.2 Å².